The minimum absolute atomic E-state index is 0.675. The molecule has 1 saturated heterocycles. The first-order valence-corrected chi connectivity index (χ1v) is 10.2. The van der Waals surface area contributed by atoms with Gasteiger partial charge in [-0.05, 0) is 82.1 Å². The molecule has 0 bridgehead atoms. The zero-order valence-electron chi connectivity index (χ0n) is 16.9. The second-order valence-electron chi connectivity index (χ2n) is 8.28. The summed E-state index contributed by atoms with van der Waals surface area (Å²) in [4.78, 5) is 14.3. The summed E-state index contributed by atoms with van der Waals surface area (Å²) in [6.07, 6.45) is 15.7. The zero-order valence-corrected chi connectivity index (χ0v) is 16.9. The summed E-state index contributed by atoms with van der Waals surface area (Å²) in [6, 6.07) is 2.19. The Morgan fingerprint density at radius 3 is 2.71 bits per heavy atom. The average Bonchev–Trinajstić information content (AvgIpc) is 3.08. The monoisotopic (exact) mass is 373 g/mol. The Bertz CT molecular complexity index is 1040. The Morgan fingerprint density at radius 2 is 1.89 bits per heavy atom. The Morgan fingerprint density at radius 1 is 1.07 bits per heavy atom. The first-order valence-electron chi connectivity index (χ1n) is 10.2. The van der Waals surface area contributed by atoms with Crippen molar-refractivity contribution in [2.24, 2.45) is 10.9 Å². The van der Waals surface area contributed by atoms with E-state index < -0.39 is 0 Å². The number of aromatic nitrogens is 2. The van der Waals surface area contributed by atoms with Crippen molar-refractivity contribution < 1.29 is 0 Å². The number of nitrogens with zero attached hydrogens (tertiary/aromatic N) is 5. The van der Waals surface area contributed by atoms with Crippen molar-refractivity contribution >= 4 is 17.2 Å². The van der Waals surface area contributed by atoms with E-state index in [9.17, 15) is 0 Å². The van der Waals surface area contributed by atoms with E-state index in [0.717, 1.165) is 35.0 Å². The summed E-state index contributed by atoms with van der Waals surface area (Å²) in [5.74, 6) is 1.71. The molecule has 2 aromatic heterocycles. The number of imidazole rings is 1. The highest BCUT2D eigenvalue weighted by molar-refractivity contribution is 6.00. The van der Waals surface area contributed by atoms with Gasteiger partial charge in [-0.1, -0.05) is 6.08 Å². The van der Waals surface area contributed by atoms with Crippen LogP contribution in [0.3, 0.4) is 0 Å². The molecule has 5 nitrogen and oxygen atoms in total. The molecular formula is C23H27N5. The van der Waals surface area contributed by atoms with Crippen molar-refractivity contribution in [3.63, 3.8) is 0 Å². The molecule has 3 aliphatic heterocycles. The Hall–Kier alpha value is -2.66. The van der Waals surface area contributed by atoms with E-state index in [1.165, 1.54) is 37.1 Å². The zero-order chi connectivity index (χ0) is 19.3. The molecular weight excluding hydrogens is 346 g/mol. The summed E-state index contributed by atoms with van der Waals surface area (Å²) >= 11 is 0. The largest absolute Gasteiger partial charge is 0.329 e. The Balaban J connectivity index is 1.39. The third kappa shape index (κ3) is 3.10. The van der Waals surface area contributed by atoms with Gasteiger partial charge >= 0.3 is 0 Å². The minimum Gasteiger partial charge on any atom is -0.329 e. The number of likely N-dealkylation sites (tertiary alicyclic amines) is 1. The fourth-order valence-corrected chi connectivity index (χ4v) is 4.45. The lowest BCUT2D eigenvalue weighted by atomic mass is 9.88. The van der Waals surface area contributed by atoms with Crippen LogP contribution >= 0.6 is 0 Å². The quantitative estimate of drug-likeness (QED) is 0.803. The summed E-state index contributed by atoms with van der Waals surface area (Å²) in [5, 5.41) is 0. The molecule has 0 spiro atoms. The number of fused-ring (bicyclic) bond motifs is 2. The molecule has 0 amide bonds. The molecule has 2 aromatic rings. The summed E-state index contributed by atoms with van der Waals surface area (Å²) < 4.78 is 2.11. The molecule has 0 saturated carbocycles. The summed E-state index contributed by atoms with van der Waals surface area (Å²) in [6.45, 7) is 7.40. The van der Waals surface area contributed by atoms with E-state index in [1.54, 1.807) is 0 Å². The second kappa shape index (κ2) is 6.74. The molecule has 5 heteroatoms. The number of amidine groups is 1. The van der Waals surface area contributed by atoms with Gasteiger partial charge in [0.25, 0.3) is 0 Å². The average molecular weight is 374 g/mol. The van der Waals surface area contributed by atoms with Crippen LogP contribution in [0, 0.1) is 19.8 Å². The predicted octanol–water partition coefficient (Wildman–Crippen LogP) is 3.80. The normalized spacial score (nSPS) is 20.8. The highest BCUT2D eigenvalue weighted by Gasteiger charge is 2.24. The fraction of sp³-hybridized carbons (Fsp3) is 0.391. The van der Waals surface area contributed by atoms with Gasteiger partial charge < -0.3 is 14.2 Å². The highest BCUT2D eigenvalue weighted by atomic mass is 15.2. The van der Waals surface area contributed by atoms with Crippen molar-refractivity contribution in [2.45, 2.75) is 26.7 Å². The maximum Gasteiger partial charge on any atom is 0.139 e. The molecule has 0 aromatic carbocycles. The van der Waals surface area contributed by atoms with Crippen molar-refractivity contribution in [1.29, 1.82) is 0 Å². The molecule has 28 heavy (non-hydrogen) atoms. The number of aryl methyl sites for hydroxylation is 2. The molecule has 3 aliphatic rings. The topological polar surface area (TPSA) is 36.1 Å². The molecule has 144 valence electrons. The van der Waals surface area contributed by atoms with Crippen molar-refractivity contribution in [3.8, 4) is 0 Å². The third-order valence-corrected chi connectivity index (χ3v) is 6.08. The van der Waals surface area contributed by atoms with Gasteiger partial charge in [0.15, 0.2) is 0 Å². The first-order chi connectivity index (χ1) is 13.6. The van der Waals surface area contributed by atoms with Gasteiger partial charge in [0.05, 0.1) is 11.4 Å². The maximum atomic E-state index is 4.95. The van der Waals surface area contributed by atoms with E-state index in [1.807, 2.05) is 6.92 Å². The molecule has 0 unspecified atom stereocenters. The number of rotatable bonds is 2. The van der Waals surface area contributed by atoms with Crippen LogP contribution < -0.4 is 0 Å². The number of hydrogen-bond acceptors (Lipinski definition) is 4. The summed E-state index contributed by atoms with van der Waals surface area (Å²) in [7, 11) is 2.22. The van der Waals surface area contributed by atoms with Crippen LogP contribution in [0.1, 0.15) is 29.7 Å². The van der Waals surface area contributed by atoms with Crippen molar-refractivity contribution in [2.75, 3.05) is 26.7 Å². The second-order valence-corrected chi connectivity index (χ2v) is 8.28. The van der Waals surface area contributed by atoms with Gasteiger partial charge in [0.2, 0.25) is 0 Å². The van der Waals surface area contributed by atoms with Crippen LogP contribution in [0.4, 0.5) is 0 Å². The predicted molar refractivity (Wildman–Crippen MR) is 114 cm³/mol. The van der Waals surface area contributed by atoms with Crippen molar-refractivity contribution in [3.05, 3.63) is 65.3 Å². The molecule has 0 aliphatic carbocycles. The standard InChI is InChI=1S/C23H27N5/c1-16-12-20(15-28-13-17(2)24-23(16)28)21-8-11-27-14-19(4-5-22(27)25-21)18-6-9-26(3)10-7-18/h4-5,8,12-15,18H,6-7,9-11H2,1-3H3. The third-order valence-electron chi connectivity index (χ3n) is 6.08. The molecule has 0 N–H and O–H groups in total. The SMILES string of the molecule is Cc1cn2cc(C3=CCN4C=C(C5CCN(C)CC5)C=CC4=N3)cc(C)c2n1. The van der Waals surface area contributed by atoms with Crippen LogP contribution in [-0.4, -0.2) is 51.7 Å². The first kappa shape index (κ1) is 17.4. The van der Waals surface area contributed by atoms with E-state index in [4.69, 9.17) is 4.99 Å². The number of aliphatic imine (C=N–C) groups is 1. The number of allylic oxidation sites excluding steroid dienone is 2. The minimum atomic E-state index is 0.675. The van der Waals surface area contributed by atoms with Crippen LogP contribution in [0.2, 0.25) is 0 Å². The van der Waals surface area contributed by atoms with Crippen LogP contribution in [-0.2, 0) is 0 Å². The lowest BCUT2D eigenvalue weighted by Crippen LogP contribution is -2.34. The Kier molecular flexibility index (Phi) is 4.20. The lowest BCUT2D eigenvalue weighted by molar-refractivity contribution is 0.239. The molecule has 0 atom stereocenters. The van der Waals surface area contributed by atoms with Gasteiger partial charge in [-0.2, -0.15) is 0 Å². The van der Waals surface area contributed by atoms with Gasteiger partial charge in [0.1, 0.15) is 11.5 Å². The van der Waals surface area contributed by atoms with Gasteiger partial charge in [-0.15, -0.1) is 0 Å². The van der Waals surface area contributed by atoms with Crippen LogP contribution in [0.25, 0.3) is 11.3 Å². The van der Waals surface area contributed by atoms with E-state index in [2.05, 4.69) is 76.0 Å². The smallest absolute Gasteiger partial charge is 0.139 e. The van der Waals surface area contributed by atoms with Gasteiger partial charge in [-0.3, -0.25) is 0 Å². The van der Waals surface area contributed by atoms with E-state index in [0.29, 0.717) is 5.92 Å². The fourth-order valence-electron chi connectivity index (χ4n) is 4.45. The molecule has 5 heterocycles. The highest BCUT2D eigenvalue weighted by Crippen LogP contribution is 2.30. The summed E-state index contributed by atoms with van der Waals surface area (Å²) in [5.41, 5.74) is 6.89. The van der Waals surface area contributed by atoms with Crippen LogP contribution in [0.15, 0.2) is 53.5 Å². The van der Waals surface area contributed by atoms with Gasteiger partial charge in [-0.25, -0.2) is 9.98 Å². The number of piperidine rings is 1. The Labute approximate surface area is 166 Å². The van der Waals surface area contributed by atoms with E-state index >= 15 is 0 Å². The van der Waals surface area contributed by atoms with Gasteiger partial charge in [0, 0.05) is 30.7 Å². The number of pyridine rings is 1. The van der Waals surface area contributed by atoms with E-state index in [-0.39, 0.29) is 0 Å². The number of hydrogen-bond donors (Lipinski definition) is 0. The molecule has 1 fully saturated rings. The molecule has 5 rings (SSSR count). The maximum absolute atomic E-state index is 4.95. The lowest BCUT2D eigenvalue weighted by Gasteiger charge is -2.33. The van der Waals surface area contributed by atoms with Crippen molar-refractivity contribution in [1.82, 2.24) is 19.2 Å². The van der Waals surface area contributed by atoms with Crippen LogP contribution in [0.5, 0.6) is 0 Å². The molecule has 0 radical (unpaired) electrons.